The largest absolute Gasteiger partial charge is 0.322 e. The second-order valence-corrected chi connectivity index (χ2v) is 9.90. The Morgan fingerprint density at radius 2 is 1.68 bits per heavy atom. The summed E-state index contributed by atoms with van der Waals surface area (Å²) in [6, 6.07) is 14.6. The van der Waals surface area contributed by atoms with Gasteiger partial charge in [-0.2, -0.15) is 0 Å². The summed E-state index contributed by atoms with van der Waals surface area (Å²) in [4.78, 5) is 15.3. The van der Waals surface area contributed by atoms with Crippen molar-refractivity contribution in [3.63, 3.8) is 0 Å². The summed E-state index contributed by atoms with van der Waals surface area (Å²) in [5.41, 5.74) is 3.28. The van der Waals surface area contributed by atoms with E-state index in [4.69, 9.17) is 0 Å². The van der Waals surface area contributed by atoms with E-state index in [2.05, 4.69) is 30.5 Å². The zero-order valence-corrected chi connectivity index (χ0v) is 17.5. The minimum Gasteiger partial charge on any atom is -0.322 e. The van der Waals surface area contributed by atoms with Gasteiger partial charge >= 0.3 is 0 Å². The minimum absolute atomic E-state index is 0.0365. The summed E-state index contributed by atoms with van der Waals surface area (Å²) >= 11 is 0. The molecule has 0 fully saturated rings. The number of fused-ring (bicyclic) bond motifs is 1. The van der Waals surface area contributed by atoms with Crippen LogP contribution in [0.2, 0.25) is 0 Å². The minimum atomic E-state index is -3.62. The van der Waals surface area contributed by atoms with Gasteiger partial charge < -0.3 is 4.98 Å². The zero-order valence-electron chi connectivity index (χ0n) is 16.7. The molecule has 0 aliphatic carbocycles. The van der Waals surface area contributed by atoms with E-state index in [-0.39, 0.29) is 22.4 Å². The lowest BCUT2D eigenvalue weighted by atomic mass is 9.87. The Kier molecular flexibility index (Phi) is 5.46. The van der Waals surface area contributed by atoms with E-state index >= 15 is 0 Å². The number of pyridine rings is 1. The number of nitrogens with one attached hydrogen (secondary N) is 2. The first-order chi connectivity index (χ1) is 13.1. The summed E-state index contributed by atoms with van der Waals surface area (Å²) in [5, 5.41) is 0.940. The number of aryl methyl sites for hydroxylation is 1. The van der Waals surface area contributed by atoms with Crippen LogP contribution in [-0.4, -0.2) is 19.9 Å². The molecule has 0 saturated carbocycles. The third-order valence-electron chi connectivity index (χ3n) is 4.79. The maximum atomic E-state index is 12.5. The van der Waals surface area contributed by atoms with Gasteiger partial charge in [0.1, 0.15) is 0 Å². The second-order valence-electron chi connectivity index (χ2n) is 8.14. The number of benzene rings is 2. The lowest BCUT2D eigenvalue weighted by molar-refractivity contribution is 0.578. The summed E-state index contributed by atoms with van der Waals surface area (Å²) in [6.07, 6.45) is 0.318. The van der Waals surface area contributed by atoms with Crippen molar-refractivity contribution in [2.45, 2.75) is 44.4 Å². The molecule has 2 N–H and O–H groups in total. The number of aromatic amines is 1. The molecular weight excluding hydrogens is 372 g/mol. The van der Waals surface area contributed by atoms with Crippen molar-refractivity contribution in [3.05, 3.63) is 75.6 Å². The van der Waals surface area contributed by atoms with Crippen molar-refractivity contribution in [2.24, 2.45) is 0 Å². The van der Waals surface area contributed by atoms with E-state index in [1.807, 2.05) is 43.3 Å². The molecule has 5 nitrogen and oxygen atoms in total. The first-order valence-corrected chi connectivity index (χ1v) is 10.8. The third-order valence-corrected chi connectivity index (χ3v) is 6.27. The van der Waals surface area contributed by atoms with Crippen LogP contribution in [0.1, 0.15) is 37.5 Å². The standard InChI is InChI=1S/C22H26N2O3S/c1-15-5-10-20-17(13-15)14-16(21(25)24-20)11-12-23-28(26,27)19-8-6-18(7-9-19)22(2,3)4/h5-10,13-14,23H,11-12H2,1-4H3,(H,24,25). The van der Waals surface area contributed by atoms with Gasteiger partial charge in [0.15, 0.2) is 0 Å². The molecule has 6 heteroatoms. The van der Waals surface area contributed by atoms with E-state index in [0.29, 0.717) is 12.0 Å². The topological polar surface area (TPSA) is 79.0 Å². The van der Waals surface area contributed by atoms with Crippen LogP contribution < -0.4 is 10.3 Å². The number of rotatable bonds is 5. The van der Waals surface area contributed by atoms with Crippen LogP contribution in [0.4, 0.5) is 0 Å². The monoisotopic (exact) mass is 398 g/mol. The van der Waals surface area contributed by atoms with Gasteiger partial charge in [-0.15, -0.1) is 0 Å². The Labute approximate surface area is 165 Å². The van der Waals surface area contributed by atoms with Gasteiger partial charge in [0.2, 0.25) is 10.0 Å². The maximum absolute atomic E-state index is 12.5. The molecule has 0 amide bonds. The lowest BCUT2D eigenvalue weighted by Crippen LogP contribution is -2.27. The van der Waals surface area contributed by atoms with Crippen molar-refractivity contribution >= 4 is 20.9 Å². The maximum Gasteiger partial charge on any atom is 0.251 e. The van der Waals surface area contributed by atoms with Crippen LogP contribution in [0, 0.1) is 6.92 Å². The Morgan fingerprint density at radius 3 is 2.32 bits per heavy atom. The molecular formula is C22H26N2O3S. The third kappa shape index (κ3) is 4.51. The fraction of sp³-hybridized carbons (Fsp3) is 0.318. The molecule has 3 aromatic rings. The highest BCUT2D eigenvalue weighted by Crippen LogP contribution is 2.23. The van der Waals surface area contributed by atoms with Gasteiger partial charge in [0.25, 0.3) is 5.56 Å². The van der Waals surface area contributed by atoms with E-state index < -0.39 is 10.0 Å². The molecule has 1 heterocycles. The number of hydrogen-bond donors (Lipinski definition) is 2. The van der Waals surface area contributed by atoms with Crippen LogP contribution in [0.25, 0.3) is 10.9 Å². The smallest absolute Gasteiger partial charge is 0.251 e. The van der Waals surface area contributed by atoms with Gasteiger partial charge in [-0.25, -0.2) is 13.1 Å². The van der Waals surface area contributed by atoms with Crippen molar-refractivity contribution in [1.82, 2.24) is 9.71 Å². The fourth-order valence-electron chi connectivity index (χ4n) is 3.09. The van der Waals surface area contributed by atoms with Crippen LogP contribution in [0.15, 0.2) is 58.2 Å². The lowest BCUT2D eigenvalue weighted by Gasteiger charge is -2.19. The Bertz CT molecular complexity index is 1160. The van der Waals surface area contributed by atoms with Gasteiger partial charge in [-0.1, -0.05) is 44.5 Å². The second kappa shape index (κ2) is 7.53. The van der Waals surface area contributed by atoms with Crippen molar-refractivity contribution in [1.29, 1.82) is 0 Å². The van der Waals surface area contributed by atoms with Crippen molar-refractivity contribution in [2.75, 3.05) is 6.54 Å². The fourth-order valence-corrected chi connectivity index (χ4v) is 4.13. The van der Waals surface area contributed by atoms with Crippen molar-refractivity contribution < 1.29 is 8.42 Å². The van der Waals surface area contributed by atoms with E-state index in [1.54, 1.807) is 12.1 Å². The van der Waals surface area contributed by atoms with E-state index in [1.165, 1.54) is 0 Å². The van der Waals surface area contributed by atoms with Gasteiger partial charge in [0, 0.05) is 17.6 Å². The summed E-state index contributed by atoms with van der Waals surface area (Å²) in [7, 11) is -3.62. The summed E-state index contributed by atoms with van der Waals surface area (Å²) in [6.45, 7) is 8.39. The average molecular weight is 399 g/mol. The van der Waals surface area contributed by atoms with E-state index in [0.717, 1.165) is 22.0 Å². The van der Waals surface area contributed by atoms with Crippen LogP contribution in [0.5, 0.6) is 0 Å². The van der Waals surface area contributed by atoms with Gasteiger partial charge in [-0.05, 0) is 60.0 Å². The molecule has 0 spiro atoms. The molecule has 0 saturated heterocycles. The SMILES string of the molecule is Cc1ccc2[nH]c(=O)c(CCNS(=O)(=O)c3ccc(C(C)(C)C)cc3)cc2c1. The number of aromatic nitrogens is 1. The summed E-state index contributed by atoms with van der Waals surface area (Å²) < 4.78 is 27.6. The molecule has 0 unspecified atom stereocenters. The van der Waals surface area contributed by atoms with Gasteiger partial charge in [0.05, 0.1) is 4.90 Å². The van der Waals surface area contributed by atoms with Crippen LogP contribution in [-0.2, 0) is 21.9 Å². The van der Waals surface area contributed by atoms with E-state index in [9.17, 15) is 13.2 Å². The Hall–Kier alpha value is -2.44. The molecule has 0 radical (unpaired) electrons. The highest BCUT2D eigenvalue weighted by atomic mass is 32.2. The zero-order chi connectivity index (χ0) is 20.5. The first kappa shape index (κ1) is 20.3. The molecule has 0 aliphatic heterocycles. The van der Waals surface area contributed by atoms with Crippen LogP contribution >= 0.6 is 0 Å². The van der Waals surface area contributed by atoms with Crippen molar-refractivity contribution in [3.8, 4) is 0 Å². The number of H-pyrrole nitrogens is 1. The summed E-state index contributed by atoms with van der Waals surface area (Å²) in [5.74, 6) is 0. The predicted octanol–water partition coefficient (Wildman–Crippen LogP) is 3.66. The van der Waals surface area contributed by atoms with Crippen LogP contribution in [0.3, 0.4) is 0 Å². The van der Waals surface area contributed by atoms with Gasteiger partial charge in [-0.3, -0.25) is 4.79 Å². The highest BCUT2D eigenvalue weighted by molar-refractivity contribution is 7.89. The molecule has 1 aromatic heterocycles. The molecule has 2 aromatic carbocycles. The molecule has 148 valence electrons. The Morgan fingerprint density at radius 1 is 1.00 bits per heavy atom. The molecule has 0 atom stereocenters. The average Bonchev–Trinajstić information content (AvgIpc) is 2.62. The molecule has 3 rings (SSSR count). The quantitative estimate of drug-likeness (QED) is 0.688. The molecule has 28 heavy (non-hydrogen) atoms. The first-order valence-electron chi connectivity index (χ1n) is 9.29. The number of sulfonamides is 1. The molecule has 0 aliphatic rings. The number of hydrogen-bond acceptors (Lipinski definition) is 3. The molecule has 0 bridgehead atoms. The Balaban J connectivity index is 1.72. The predicted molar refractivity (Wildman–Crippen MR) is 113 cm³/mol. The highest BCUT2D eigenvalue weighted by Gasteiger charge is 2.17. The normalized spacial score (nSPS) is 12.4.